The predicted molar refractivity (Wildman–Crippen MR) is 76.3 cm³/mol. The molecule has 1 fully saturated rings. The monoisotopic (exact) mass is 293 g/mol. The van der Waals surface area contributed by atoms with Crippen molar-refractivity contribution in [2.75, 3.05) is 6.26 Å². The van der Waals surface area contributed by atoms with Gasteiger partial charge in [0.1, 0.15) is 0 Å². The molecule has 1 aromatic heterocycles. The van der Waals surface area contributed by atoms with Crippen molar-refractivity contribution >= 4 is 23.5 Å². The zero-order chi connectivity index (χ0) is 13.2. The van der Waals surface area contributed by atoms with E-state index in [1.54, 1.807) is 23.5 Å². The Morgan fingerprint density at radius 3 is 2.84 bits per heavy atom. The van der Waals surface area contributed by atoms with Gasteiger partial charge in [-0.15, -0.1) is 16.9 Å². The Hall–Kier alpha value is -1.05. The molecule has 1 heterocycles. The molecule has 100 valence electrons. The van der Waals surface area contributed by atoms with Crippen LogP contribution in [-0.4, -0.2) is 26.5 Å². The van der Waals surface area contributed by atoms with Crippen molar-refractivity contribution in [3.63, 3.8) is 0 Å². The van der Waals surface area contributed by atoms with Crippen molar-refractivity contribution < 1.29 is 0 Å². The van der Waals surface area contributed by atoms with Gasteiger partial charge in [-0.3, -0.25) is 0 Å². The van der Waals surface area contributed by atoms with Crippen LogP contribution < -0.4 is 5.73 Å². The van der Waals surface area contributed by atoms with Gasteiger partial charge in [-0.05, 0) is 59.0 Å². The van der Waals surface area contributed by atoms with Crippen molar-refractivity contribution in [2.24, 2.45) is 5.73 Å². The van der Waals surface area contributed by atoms with Crippen molar-refractivity contribution in [3.8, 4) is 0 Å². The Bertz CT molecular complexity index is 579. The maximum absolute atomic E-state index is 5.88. The fourth-order valence-corrected chi connectivity index (χ4v) is 3.67. The zero-order valence-electron chi connectivity index (χ0n) is 10.6. The third kappa shape index (κ3) is 2.63. The van der Waals surface area contributed by atoms with Crippen molar-refractivity contribution in [2.45, 2.75) is 40.4 Å². The number of aromatic nitrogens is 4. The largest absolute Gasteiger partial charge is 0.326 e. The van der Waals surface area contributed by atoms with Gasteiger partial charge in [-0.1, -0.05) is 6.07 Å². The molecule has 1 aliphatic rings. The van der Waals surface area contributed by atoms with Gasteiger partial charge in [-0.25, -0.2) is 4.68 Å². The summed E-state index contributed by atoms with van der Waals surface area (Å²) in [6.45, 7) is 0.532. The second-order valence-corrected chi connectivity index (χ2v) is 6.24. The second-order valence-electron chi connectivity index (χ2n) is 4.38. The number of benzene rings is 1. The van der Waals surface area contributed by atoms with Crippen LogP contribution in [0, 0.1) is 0 Å². The summed E-state index contributed by atoms with van der Waals surface area (Å²) in [6.07, 6.45) is 4.41. The highest BCUT2D eigenvalue weighted by Gasteiger charge is 2.28. The average Bonchev–Trinajstić information content (AvgIpc) is 3.19. The first-order chi connectivity index (χ1) is 9.33. The third-order valence-electron chi connectivity index (χ3n) is 3.07. The molecule has 0 atom stereocenters. The Balaban J connectivity index is 1.92. The Kier molecular flexibility index (Phi) is 3.76. The van der Waals surface area contributed by atoms with E-state index >= 15 is 0 Å². The van der Waals surface area contributed by atoms with E-state index < -0.39 is 0 Å². The summed E-state index contributed by atoms with van der Waals surface area (Å²) >= 11 is 3.32. The molecule has 1 saturated carbocycles. The summed E-state index contributed by atoms with van der Waals surface area (Å²) in [5, 5.41) is 12.8. The van der Waals surface area contributed by atoms with Gasteiger partial charge >= 0.3 is 0 Å². The van der Waals surface area contributed by atoms with E-state index in [0.717, 1.165) is 10.1 Å². The van der Waals surface area contributed by atoms with E-state index in [-0.39, 0.29) is 0 Å². The SMILES string of the molecule is CSc1cccc(Sc2nnnn2C2CC2)c1CN. The molecule has 0 bridgehead atoms. The lowest BCUT2D eigenvalue weighted by molar-refractivity contribution is 0.565. The van der Waals surface area contributed by atoms with Crippen LogP contribution in [0.2, 0.25) is 0 Å². The average molecular weight is 293 g/mol. The number of nitrogens with two attached hydrogens (primary N) is 1. The number of hydrogen-bond donors (Lipinski definition) is 1. The minimum atomic E-state index is 0.488. The number of tetrazole rings is 1. The molecule has 0 spiro atoms. The Morgan fingerprint density at radius 2 is 2.16 bits per heavy atom. The first-order valence-corrected chi connectivity index (χ1v) is 8.19. The normalized spacial score (nSPS) is 14.8. The van der Waals surface area contributed by atoms with Gasteiger partial charge in [0.15, 0.2) is 0 Å². The van der Waals surface area contributed by atoms with E-state index in [1.807, 2.05) is 4.68 Å². The summed E-state index contributed by atoms with van der Waals surface area (Å²) in [5.74, 6) is 0. The maximum Gasteiger partial charge on any atom is 0.214 e. The van der Waals surface area contributed by atoms with Gasteiger partial charge in [0, 0.05) is 16.3 Å². The van der Waals surface area contributed by atoms with E-state index in [2.05, 4.69) is 40.0 Å². The topological polar surface area (TPSA) is 69.6 Å². The van der Waals surface area contributed by atoms with Gasteiger partial charge in [-0.2, -0.15) is 0 Å². The molecule has 5 nitrogen and oxygen atoms in total. The van der Waals surface area contributed by atoms with Crippen LogP contribution in [0.5, 0.6) is 0 Å². The molecule has 1 aromatic carbocycles. The number of nitrogens with zero attached hydrogens (tertiary/aromatic N) is 4. The summed E-state index contributed by atoms with van der Waals surface area (Å²) < 4.78 is 1.93. The molecule has 0 unspecified atom stereocenters. The highest BCUT2D eigenvalue weighted by molar-refractivity contribution is 7.99. The zero-order valence-corrected chi connectivity index (χ0v) is 12.2. The lowest BCUT2D eigenvalue weighted by Crippen LogP contribution is -2.02. The van der Waals surface area contributed by atoms with Crippen LogP contribution in [0.4, 0.5) is 0 Å². The first kappa shape index (κ1) is 13.0. The summed E-state index contributed by atoms with van der Waals surface area (Å²) in [4.78, 5) is 2.36. The highest BCUT2D eigenvalue weighted by atomic mass is 32.2. The second kappa shape index (κ2) is 5.52. The fraction of sp³-hybridized carbons (Fsp3) is 0.417. The number of thioether (sulfide) groups is 1. The molecule has 2 N–H and O–H groups in total. The van der Waals surface area contributed by atoms with Crippen LogP contribution in [0.15, 0.2) is 33.1 Å². The van der Waals surface area contributed by atoms with E-state index in [9.17, 15) is 0 Å². The Labute approximate surface area is 120 Å². The minimum absolute atomic E-state index is 0.488. The van der Waals surface area contributed by atoms with Crippen LogP contribution in [0.3, 0.4) is 0 Å². The summed E-state index contributed by atoms with van der Waals surface area (Å²) in [7, 11) is 0. The molecular weight excluding hydrogens is 278 g/mol. The van der Waals surface area contributed by atoms with E-state index in [0.29, 0.717) is 12.6 Å². The predicted octanol–water partition coefficient (Wildman–Crippen LogP) is 2.34. The smallest absolute Gasteiger partial charge is 0.214 e. The van der Waals surface area contributed by atoms with E-state index in [4.69, 9.17) is 5.73 Å². The molecular formula is C12H15N5S2. The molecule has 0 aliphatic heterocycles. The maximum atomic E-state index is 5.88. The van der Waals surface area contributed by atoms with Crippen molar-refractivity contribution in [1.29, 1.82) is 0 Å². The highest BCUT2D eigenvalue weighted by Crippen LogP contribution is 2.39. The molecule has 0 saturated heterocycles. The third-order valence-corrected chi connectivity index (χ3v) is 4.95. The van der Waals surface area contributed by atoms with Crippen LogP contribution in [-0.2, 0) is 6.54 Å². The molecule has 3 rings (SSSR count). The van der Waals surface area contributed by atoms with Gasteiger partial charge in [0.2, 0.25) is 5.16 Å². The molecule has 0 radical (unpaired) electrons. The number of hydrogen-bond acceptors (Lipinski definition) is 6. The van der Waals surface area contributed by atoms with Gasteiger partial charge in [0.05, 0.1) is 6.04 Å². The van der Waals surface area contributed by atoms with Crippen LogP contribution in [0.1, 0.15) is 24.4 Å². The summed E-state index contributed by atoms with van der Waals surface area (Å²) in [5.41, 5.74) is 7.05. The minimum Gasteiger partial charge on any atom is -0.326 e. The number of rotatable bonds is 5. The quantitative estimate of drug-likeness (QED) is 0.853. The first-order valence-electron chi connectivity index (χ1n) is 6.15. The fourth-order valence-electron chi connectivity index (χ4n) is 1.93. The van der Waals surface area contributed by atoms with Crippen LogP contribution in [0.25, 0.3) is 0 Å². The van der Waals surface area contributed by atoms with Gasteiger partial charge < -0.3 is 5.73 Å². The van der Waals surface area contributed by atoms with Crippen LogP contribution >= 0.6 is 23.5 Å². The molecule has 19 heavy (non-hydrogen) atoms. The summed E-state index contributed by atoms with van der Waals surface area (Å²) in [6, 6.07) is 6.72. The lowest BCUT2D eigenvalue weighted by Gasteiger charge is -2.10. The molecule has 0 amide bonds. The lowest BCUT2D eigenvalue weighted by atomic mass is 10.2. The van der Waals surface area contributed by atoms with Gasteiger partial charge in [0.25, 0.3) is 0 Å². The molecule has 7 heteroatoms. The van der Waals surface area contributed by atoms with Crippen molar-refractivity contribution in [1.82, 2.24) is 20.2 Å². The standard InChI is InChI=1S/C12H15N5S2/c1-18-10-3-2-4-11(9(10)7-13)19-12-14-15-16-17(12)8-5-6-8/h2-4,8H,5-7,13H2,1H3. The molecule has 1 aliphatic carbocycles. The van der Waals surface area contributed by atoms with E-state index in [1.165, 1.54) is 23.3 Å². The van der Waals surface area contributed by atoms with Crippen molar-refractivity contribution in [3.05, 3.63) is 23.8 Å². The molecule has 2 aromatic rings. The Morgan fingerprint density at radius 1 is 1.37 bits per heavy atom.